The summed E-state index contributed by atoms with van der Waals surface area (Å²) in [4.78, 5) is 11.5. The Hall–Kier alpha value is -0.990. The lowest BCUT2D eigenvalue weighted by atomic mass is 10.1. The lowest BCUT2D eigenvalue weighted by Crippen LogP contribution is -1.94. The minimum absolute atomic E-state index is 0.165. The Morgan fingerprint density at radius 1 is 1.40 bits per heavy atom. The van der Waals surface area contributed by atoms with Crippen LogP contribution >= 0.6 is 23.2 Å². The highest BCUT2D eigenvalue weighted by Crippen LogP contribution is 2.22. The fourth-order valence-corrected chi connectivity index (χ4v) is 1.25. The lowest BCUT2D eigenvalue weighted by molar-refractivity contribution is 0.104. The third-order valence-electron chi connectivity index (χ3n) is 1.69. The summed E-state index contributed by atoms with van der Waals surface area (Å²) in [5.41, 5.74) is 0.486. The molecular weight excluding hydrogens is 235 g/mol. The molecule has 0 aromatic heterocycles. The van der Waals surface area contributed by atoms with Crippen LogP contribution in [-0.4, -0.2) is 12.4 Å². The summed E-state index contributed by atoms with van der Waals surface area (Å²) in [6, 6.07) is 4.74. The van der Waals surface area contributed by atoms with Gasteiger partial charge in [-0.05, 0) is 25.1 Å². The first-order valence-electron chi connectivity index (χ1n) is 4.42. The van der Waals surface area contributed by atoms with E-state index in [2.05, 4.69) is 0 Å². The number of hydrogen-bond acceptors (Lipinski definition) is 2. The van der Waals surface area contributed by atoms with Gasteiger partial charge in [0, 0.05) is 11.6 Å². The van der Waals surface area contributed by atoms with Crippen molar-refractivity contribution in [1.82, 2.24) is 0 Å². The van der Waals surface area contributed by atoms with E-state index in [9.17, 15) is 4.79 Å². The van der Waals surface area contributed by atoms with Crippen molar-refractivity contribution in [2.45, 2.75) is 6.92 Å². The van der Waals surface area contributed by atoms with Crippen molar-refractivity contribution in [3.05, 3.63) is 46.1 Å². The summed E-state index contributed by atoms with van der Waals surface area (Å²) in [6.45, 7) is 2.37. The highest BCUT2D eigenvalue weighted by Gasteiger charge is 2.04. The standard InChI is InChI=1S/C11H10Cl2O2/c1-2-15-6-5-11(14)8-3-4-9(12)10(13)7-8/h3-7H,2H2,1H3/b6-5+. The number of ether oxygens (including phenoxy) is 1. The molecule has 0 N–H and O–H groups in total. The largest absolute Gasteiger partial charge is 0.501 e. The Labute approximate surface area is 98.4 Å². The summed E-state index contributed by atoms with van der Waals surface area (Å²) in [5, 5.41) is 0.800. The second kappa shape index (κ2) is 5.79. The number of ketones is 1. The molecule has 0 aliphatic rings. The normalized spacial score (nSPS) is 10.6. The average molecular weight is 245 g/mol. The zero-order chi connectivity index (χ0) is 11.3. The molecule has 2 nitrogen and oxygen atoms in total. The number of allylic oxidation sites excluding steroid dienone is 1. The average Bonchev–Trinajstić information content (AvgIpc) is 2.22. The summed E-state index contributed by atoms with van der Waals surface area (Å²) in [6.07, 6.45) is 2.72. The molecule has 4 heteroatoms. The van der Waals surface area contributed by atoms with Gasteiger partial charge in [-0.15, -0.1) is 0 Å². The smallest absolute Gasteiger partial charge is 0.188 e. The number of benzene rings is 1. The van der Waals surface area contributed by atoms with E-state index in [0.29, 0.717) is 22.2 Å². The highest BCUT2D eigenvalue weighted by atomic mass is 35.5. The van der Waals surface area contributed by atoms with E-state index in [1.807, 2.05) is 6.92 Å². The van der Waals surface area contributed by atoms with Gasteiger partial charge in [-0.25, -0.2) is 0 Å². The van der Waals surface area contributed by atoms with E-state index in [-0.39, 0.29) is 5.78 Å². The van der Waals surface area contributed by atoms with Crippen molar-refractivity contribution in [1.29, 1.82) is 0 Å². The number of carbonyl (C=O) groups is 1. The molecule has 0 unspecified atom stereocenters. The van der Waals surface area contributed by atoms with Crippen LogP contribution in [0.1, 0.15) is 17.3 Å². The van der Waals surface area contributed by atoms with Crippen molar-refractivity contribution in [3.8, 4) is 0 Å². The van der Waals surface area contributed by atoms with Gasteiger partial charge in [0.2, 0.25) is 0 Å². The van der Waals surface area contributed by atoms with Crippen molar-refractivity contribution in [2.24, 2.45) is 0 Å². The number of carbonyl (C=O) groups excluding carboxylic acids is 1. The Morgan fingerprint density at radius 3 is 2.73 bits per heavy atom. The zero-order valence-corrected chi connectivity index (χ0v) is 9.68. The molecule has 1 aromatic carbocycles. The second-order valence-electron chi connectivity index (χ2n) is 2.75. The van der Waals surface area contributed by atoms with E-state index in [1.54, 1.807) is 12.1 Å². The third kappa shape index (κ3) is 3.57. The number of halogens is 2. The maximum atomic E-state index is 11.5. The predicted octanol–water partition coefficient (Wildman–Crippen LogP) is 3.73. The quantitative estimate of drug-likeness (QED) is 0.459. The maximum Gasteiger partial charge on any atom is 0.188 e. The van der Waals surface area contributed by atoms with Gasteiger partial charge in [0.25, 0.3) is 0 Å². The summed E-state index contributed by atoms with van der Waals surface area (Å²) >= 11 is 11.5. The van der Waals surface area contributed by atoms with Gasteiger partial charge >= 0.3 is 0 Å². The first kappa shape index (κ1) is 12.1. The highest BCUT2D eigenvalue weighted by molar-refractivity contribution is 6.42. The van der Waals surface area contributed by atoms with Crippen LogP contribution in [0.5, 0.6) is 0 Å². The third-order valence-corrected chi connectivity index (χ3v) is 2.43. The summed E-state index contributed by atoms with van der Waals surface area (Å²) < 4.78 is 4.92. The molecule has 0 atom stereocenters. The van der Waals surface area contributed by atoms with E-state index in [1.165, 1.54) is 18.4 Å². The van der Waals surface area contributed by atoms with Crippen LogP contribution in [0.4, 0.5) is 0 Å². The Bertz CT molecular complexity index is 386. The molecule has 0 spiro atoms. The molecule has 1 aromatic rings. The van der Waals surface area contributed by atoms with Crippen molar-refractivity contribution in [2.75, 3.05) is 6.61 Å². The molecular formula is C11H10Cl2O2. The van der Waals surface area contributed by atoms with Gasteiger partial charge in [0.15, 0.2) is 5.78 Å². The molecule has 0 saturated carbocycles. The van der Waals surface area contributed by atoms with Crippen molar-refractivity contribution < 1.29 is 9.53 Å². The van der Waals surface area contributed by atoms with Crippen LogP contribution in [0.3, 0.4) is 0 Å². The van der Waals surface area contributed by atoms with E-state index < -0.39 is 0 Å². The van der Waals surface area contributed by atoms with Crippen LogP contribution in [-0.2, 0) is 4.74 Å². The van der Waals surface area contributed by atoms with Crippen LogP contribution in [0.2, 0.25) is 10.0 Å². The molecule has 0 fully saturated rings. The van der Waals surface area contributed by atoms with Crippen LogP contribution in [0.15, 0.2) is 30.5 Å². The second-order valence-corrected chi connectivity index (χ2v) is 3.57. The molecule has 0 heterocycles. The van der Waals surface area contributed by atoms with Gasteiger partial charge in [-0.1, -0.05) is 23.2 Å². The van der Waals surface area contributed by atoms with Crippen LogP contribution in [0, 0.1) is 0 Å². The van der Waals surface area contributed by atoms with Gasteiger partial charge < -0.3 is 4.74 Å². The minimum atomic E-state index is -0.165. The Balaban J connectivity index is 2.78. The topological polar surface area (TPSA) is 26.3 Å². The van der Waals surface area contributed by atoms with E-state index in [4.69, 9.17) is 27.9 Å². The molecule has 0 saturated heterocycles. The maximum absolute atomic E-state index is 11.5. The van der Waals surface area contributed by atoms with Crippen molar-refractivity contribution in [3.63, 3.8) is 0 Å². The van der Waals surface area contributed by atoms with Gasteiger partial charge in [-0.2, -0.15) is 0 Å². The predicted molar refractivity (Wildman–Crippen MR) is 61.6 cm³/mol. The van der Waals surface area contributed by atoms with Crippen LogP contribution < -0.4 is 0 Å². The number of hydrogen-bond donors (Lipinski definition) is 0. The number of rotatable bonds is 4. The fourth-order valence-electron chi connectivity index (χ4n) is 0.952. The summed E-state index contributed by atoms with van der Waals surface area (Å²) in [5.74, 6) is -0.165. The minimum Gasteiger partial charge on any atom is -0.501 e. The Morgan fingerprint density at radius 2 is 2.13 bits per heavy atom. The summed E-state index contributed by atoms with van der Waals surface area (Å²) in [7, 11) is 0. The SMILES string of the molecule is CCO/C=C/C(=O)c1ccc(Cl)c(Cl)c1. The fraction of sp³-hybridized carbons (Fsp3) is 0.182. The molecule has 0 radical (unpaired) electrons. The molecule has 0 aliphatic carbocycles. The van der Waals surface area contributed by atoms with Crippen LogP contribution in [0.25, 0.3) is 0 Å². The van der Waals surface area contributed by atoms with Gasteiger partial charge in [0.1, 0.15) is 0 Å². The van der Waals surface area contributed by atoms with Gasteiger partial charge in [-0.3, -0.25) is 4.79 Å². The first-order chi connectivity index (χ1) is 7.15. The van der Waals surface area contributed by atoms with E-state index in [0.717, 1.165) is 0 Å². The molecule has 0 bridgehead atoms. The van der Waals surface area contributed by atoms with Gasteiger partial charge in [0.05, 0.1) is 22.9 Å². The monoisotopic (exact) mass is 244 g/mol. The molecule has 0 amide bonds. The molecule has 1 rings (SSSR count). The molecule has 15 heavy (non-hydrogen) atoms. The zero-order valence-electron chi connectivity index (χ0n) is 8.17. The van der Waals surface area contributed by atoms with Crippen molar-refractivity contribution >= 4 is 29.0 Å². The Kier molecular flexibility index (Phi) is 4.66. The molecule has 0 aliphatic heterocycles. The lowest BCUT2D eigenvalue weighted by Gasteiger charge is -1.99. The molecule has 80 valence electrons. The first-order valence-corrected chi connectivity index (χ1v) is 5.18. The van der Waals surface area contributed by atoms with E-state index >= 15 is 0 Å².